The number of nitrogens with two attached hydrogens (primary N) is 1. The molecule has 0 aromatic heterocycles. The third kappa shape index (κ3) is 5.33. The van der Waals surface area contributed by atoms with Crippen LogP contribution in [0.15, 0.2) is 47.5 Å². The van der Waals surface area contributed by atoms with Crippen LogP contribution in [0.2, 0.25) is 0 Å². The molecule has 4 heteroatoms. The number of nitrogens with one attached hydrogen (secondary N) is 1. The van der Waals surface area contributed by atoms with Gasteiger partial charge < -0.3 is 16.0 Å². The molecular formula is C19H26N4. The average Bonchev–Trinajstić information content (AvgIpc) is 2.46. The summed E-state index contributed by atoms with van der Waals surface area (Å²) in [7, 11) is 4.08. The summed E-state index contributed by atoms with van der Waals surface area (Å²) in [6.45, 7) is 4.82. The van der Waals surface area contributed by atoms with Crippen molar-refractivity contribution in [3.8, 4) is 0 Å². The first-order valence-electron chi connectivity index (χ1n) is 7.85. The normalized spacial score (nSPS) is 11.4. The maximum absolute atomic E-state index is 5.97. The van der Waals surface area contributed by atoms with Gasteiger partial charge in [-0.25, -0.2) is 0 Å². The van der Waals surface area contributed by atoms with E-state index < -0.39 is 0 Å². The van der Waals surface area contributed by atoms with E-state index in [4.69, 9.17) is 5.73 Å². The molecular weight excluding hydrogens is 284 g/mol. The Morgan fingerprint density at radius 3 is 2.22 bits per heavy atom. The molecule has 0 atom stereocenters. The van der Waals surface area contributed by atoms with Gasteiger partial charge in [0.25, 0.3) is 0 Å². The van der Waals surface area contributed by atoms with E-state index in [1.54, 1.807) is 0 Å². The summed E-state index contributed by atoms with van der Waals surface area (Å²) < 4.78 is 0. The van der Waals surface area contributed by atoms with Crippen molar-refractivity contribution in [1.82, 2.24) is 0 Å². The number of aliphatic imine (C=N–C) groups is 1. The molecule has 2 aromatic carbocycles. The molecule has 2 aromatic rings. The summed E-state index contributed by atoms with van der Waals surface area (Å²) in [6, 6.07) is 14.8. The fourth-order valence-corrected chi connectivity index (χ4v) is 2.50. The highest BCUT2D eigenvalue weighted by atomic mass is 15.1. The Kier molecular flexibility index (Phi) is 5.63. The molecule has 0 fully saturated rings. The zero-order valence-electron chi connectivity index (χ0n) is 14.4. The van der Waals surface area contributed by atoms with Crippen molar-refractivity contribution in [2.45, 2.75) is 20.3 Å². The monoisotopic (exact) mass is 310 g/mol. The first kappa shape index (κ1) is 16.9. The SMILES string of the molecule is Cc1cc(C)cc(NC(N)=NCCc2ccc(N(C)C)cc2)c1. The van der Waals surface area contributed by atoms with Crippen molar-refractivity contribution in [2.24, 2.45) is 10.7 Å². The van der Waals surface area contributed by atoms with Crippen molar-refractivity contribution < 1.29 is 0 Å². The van der Waals surface area contributed by atoms with E-state index in [0.717, 1.165) is 12.1 Å². The Labute approximate surface area is 139 Å². The molecule has 3 N–H and O–H groups in total. The van der Waals surface area contributed by atoms with E-state index in [2.05, 4.69) is 71.5 Å². The molecule has 0 aliphatic rings. The summed E-state index contributed by atoms with van der Waals surface area (Å²) in [4.78, 5) is 6.50. The largest absolute Gasteiger partial charge is 0.378 e. The molecule has 0 bridgehead atoms. The molecule has 0 radical (unpaired) electrons. The predicted octanol–water partition coefficient (Wildman–Crippen LogP) is 3.34. The maximum atomic E-state index is 5.97. The summed E-state index contributed by atoms with van der Waals surface area (Å²) in [5.41, 5.74) is 11.8. The molecule has 2 rings (SSSR count). The van der Waals surface area contributed by atoms with E-state index in [-0.39, 0.29) is 0 Å². The number of aryl methyl sites for hydroxylation is 2. The zero-order valence-corrected chi connectivity index (χ0v) is 14.4. The van der Waals surface area contributed by atoms with E-state index in [9.17, 15) is 0 Å². The van der Waals surface area contributed by atoms with Crippen LogP contribution in [0.25, 0.3) is 0 Å². The van der Waals surface area contributed by atoms with Crippen molar-refractivity contribution in [2.75, 3.05) is 30.9 Å². The average molecular weight is 310 g/mol. The third-order valence-electron chi connectivity index (χ3n) is 3.63. The fraction of sp³-hybridized carbons (Fsp3) is 0.316. The fourth-order valence-electron chi connectivity index (χ4n) is 2.50. The summed E-state index contributed by atoms with van der Waals surface area (Å²) in [5, 5.41) is 3.15. The molecule has 0 amide bonds. The Bertz CT molecular complexity index is 652. The molecule has 4 nitrogen and oxygen atoms in total. The van der Waals surface area contributed by atoms with E-state index in [1.807, 2.05) is 14.1 Å². The van der Waals surface area contributed by atoms with Gasteiger partial charge in [0.2, 0.25) is 0 Å². The van der Waals surface area contributed by atoms with Gasteiger partial charge in [0.1, 0.15) is 0 Å². The van der Waals surface area contributed by atoms with Crippen molar-refractivity contribution in [3.63, 3.8) is 0 Å². The Hall–Kier alpha value is -2.49. The maximum Gasteiger partial charge on any atom is 0.193 e. The van der Waals surface area contributed by atoms with Crippen LogP contribution in [0.1, 0.15) is 16.7 Å². The van der Waals surface area contributed by atoms with Gasteiger partial charge in [-0.3, -0.25) is 4.99 Å². The van der Waals surface area contributed by atoms with Crippen molar-refractivity contribution in [1.29, 1.82) is 0 Å². The highest BCUT2D eigenvalue weighted by Gasteiger charge is 1.99. The smallest absolute Gasteiger partial charge is 0.193 e. The Balaban J connectivity index is 1.89. The number of hydrogen-bond acceptors (Lipinski definition) is 2. The molecule has 23 heavy (non-hydrogen) atoms. The minimum absolute atomic E-state index is 0.458. The lowest BCUT2D eigenvalue weighted by Crippen LogP contribution is -2.23. The molecule has 122 valence electrons. The molecule has 0 aliphatic heterocycles. The minimum atomic E-state index is 0.458. The second-order valence-electron chi connectivity index (χ2n) is 6.08. The number of guanidine groups is 1. The predicted molar refractivity (Wildman–Crippen MR) is 101 cm³/mol. The standard InChI is InChI=1S/C19H26N4/c1-14-11-15(2)13-17(12-14)22-19(20)21-10-9-16-5-7-18(8-6-16)23(3)4/h5-8,11-13H,9-10H2,1-4H3,(H3,20,21,22). The van der Waals surface area contributed by atoms with Gasteiger partial charge in [0.15, 0.2) is 5.96 Å². The number of anilines is 2. The second kappa shape index (κ2) is 7.68. The summed E-state index contributed by atoms with van der Waals surface area (Å²) in [5.74, 6) is 0.458. The van der Waals surface area contributed by atoms with Crippen LogP contribution in [0.5, 0.6) is 0 Å². The summed E-state index contributed by atoms with van der Waals surface area (Å²) >= 11 is 0. The van der Waals surface area contributed by atoms with Crippen molar-refractivity contribution in [3.05, 3.63) is 59.2 Å². The van der Waals surface area contributed by atoms with Crippen LogP contribution in [0.4, 0.5) is 11.4 Å². The van der Waals surface area contributed by atoms with Crippen LogP contribution < -0.4 is 16.0 Å². The highest BCUT2D eigenvalue weighted by molar-refractivity contribution is 5.92. The first-order chi connectivity index (χ1) is 10.9. The van der Waals surface area contributed by atoms with E-state index in [1.165, 1.54) is 22.4 Å². The molecule has 0 saturated heterocycles. The quantitative estimate of drug-likeness (QED) is 0.658. The molecule has 0 heterocycles. The highest BCUT2D eigenvalue weighted by Crippen LogP contribution is 2.14. The topological polar surface area (TPSA) is 53.6 Å². The van der Waals surface area contributed by atoms with E-state index in [0.29, 0.717) is 12.5 Å². The van der Waals surface area contributed by atoms with Crippen LogP contribution in [-0.4, -0.2) is 26.6 Å². The lowest BCUT2D eigenvalue weighted by Gasteiger charge is -2.12. The van der Waals surface area contributed by atoms with Crippen LogP contribution in [0, 0.1) is 13.8 Å². The van der Waals surface area contributed by atoms with Gasteiger partial charge in [0, 0.05) is 32.0 Å². The van der Waals surface area contributed by atoms with Gasteiger partial charge in [-0.2, -0.15) is 0 Å². The first-order valence-corrected chi connectivity index (χ1v) is 7.85. The molecule has 0 unspecified atom stereocenters. The van der Waals surface area contributed by atoms with Gasteiger partial charge in [-0.05, 0) is 61.2 Å². The summed E-state index contributed by atoms with van der Waals surface area (Å²) in [6.07, 6.45) is 0.878. The molecule has 0 spiro atoms. The van der Waals surface area contributed by atoms with Crippen LogP contribution in [0.3, 0.4) is 0 Å². The van der Waals surface area contributed by atoms with E-state index >= 15 is 0 Å². The lowest BCUT2D eigenvalue weighted by atomic mass is 10.1. The van der Waals surface area contributed by atoms with Gasteiger partial charge >= 0.3 is 0 Å². The Morgan fingerprint density at radius 2 is 1.65 bits per heavy atom. The zero-order chi connectivity index (χ0) is 16.8. The Morgan fingerprint density at radius 1 is 1.04 bits per heavy atom. The number of benzene rings is 2. The van der Waals surface area contributed by atoms with Gasteiger partial charge in [-0.1, -0.05) is 18.2 Å². The van der Waals surface area contributed by atoms with Crippen LogP contribution >= 0.6 is 0 Å². The van der Waals surface area contributed by atoms with Crippen molar-refractivity contribution >= 4 is 17.3 Å². The molecule has 0 saturated carbocycles. The number of hydrogen-bond donors (Lipinski definition) is 2. The van der Waals surface area contributed by atoms with Crippen LogP contribution in [-0.2, 0) is 6.42 Å². The minimum Gasteiger partial charge on any atom is -0.378 e. The lowest BCUT2D eigenvalue weighted by molar-refractivity contribution is 0.963. The molecule has 0 aliphatic carbocycles. The second-order valence-corrected chi connectivity index (χ2v) is 6.08. The third-order valence-corrected chi connectivity index (χ3v) is 3.63. The van der Waals surface area contributed by atoms with Gasteiger partial charge in [0.05, 0.1) is 0 Å². The van der Waals surface area contributed by atoms with Gasteiger partial charge in [-0.15, -0.1) is 0 Å². The number of nitrogens with zero attached hydrogens (tertiary/aromatic N) is 2. The number of rotatable bonds is 5.